The summed E-state index contributed by atoms with van der Waals surface area (Å²) in [5.41, 5.74) is 2.01. The first-order chi connectivity index (χ1) is 11.5. The van der Waals surface area contributed by atoms with Gasteiger partial charge in [-0.25, -0.2) is 9.99 Å². The summed E-state index contributed by atoms with van der Waals surface area (Å²) in [7, 11) is 1.42. The highest BCUT2D eigenvalue weighted by molar-refractivity contribution is 6.06. The van der Waals surface area contributed by atoms with Gasteiger partial charge in [-0.3, -0.25) is 19.4 Å². The molecule has 3 rings (SSSR count). The van der Waals surface area contributed by atoms with E-state index in [9.17, 15) is 14.4 Å². The van der Waals surface area contributed by atoms with Crippen molar-refractivity contribution in [3.8, 4) is 0 Å². The molecule has 1 atom stereocenters. The number of carbonyl (C=O) groups is 3. The van der Waals surface area contributed by atoms with Crippen molar-refractivity contribution in [3.05, 3.63) is 23.4 Å². The van der Waals surface area contributed by atoms with E-state index in [1.165, 1.54) is 12.6 Å². The first kappa shape index (κ1) is 16.2. The van der Waals surface area contributed by atoms with E-state index in [2.05, 4.69) is 10.3 Å². The standard InChI is InChI=1S/C16H20N4O4/c1-19-15(23)12(16(24)20(19)9-13(21)22)7-6-11-5-4-10-3-2-8-17-14(10)18-11/h4-5,12H,2-3,6-9H2,1H3,(H,17,18)(H,21,22). The van der Waals surface area contributed by atoms with E-state index in [0.717, 1.165) is 40.9 Å². The molecule has 3 heterocycles. The lowest BCUT2D eigenvalue weighted by Crippen LogP contribution is -2.41. The van der Waals surface area contributed by atoms with Crippen LogP contribution >= 0.6 is 0 Å². The highest BCUT2D eigenvalue weighted by Crippen LogP contribution is 2.24. The zero-order chi connectivity index (χ0) is 17.3. The van der Waals surface area contributed by atoms with Crippen LogP contribution in [-0.2, 0) is 27.2 Å². The zero-order valence-corrected chi connectivity index (χ0v) is 13.5. The first-order valence-electron chi connectivity index (χ1n) is 8.00. The number of pyridine rings is 1. The number of aryl methyl sites for hydroxylation is 2. The number of carboxylic acid groups (broad SMARTS) is 1. The molecule has 1 aromatic rings. The fraction of sp³-hybridized carbons (Fsp3) is 0.500. The monoisotopic (exact) mass is 332 g/mol. The van der Waals surface area contributed by atoms with E-state index >= 15 is 0 Å². The molecule has 0 bridgehead atoms. The fourth-order valence-electron chi connectivity index (χ4n) is 3.14. The van der Waals surface area contributed by atoms with Gasteiger partial charge < -0.3 is 10.4 Å². The number of nitrogens with one attached hydrogen (secondary N) is 1. The van der Waals surface area contributed by atoms with Gasteiger partial charge in [0.05, 0.1) is 0 Å². The maximum atomic E-state index is 12.3. The van der Waals surface area contributed by atoms with Gasteiger partial charge >= 0.3 is 5.97 Å². The molecule has 2 N–H and O–H groups in total. The van der Waals surface area contributed by atoms with Crippen LogP contribution < -0.4 is 5.32 Å². The van der Waals surface area contributed by atoms with Crippen molar-refractivity contribution in [2.45, 2.75) is 25.7 Å². The molecule has 2 amide bonds. The van der Waals surface area contributed by atoms with Gasteiger partial charge in [-0.15, -0.1) is 0 Å². The Labute approximate surface area is 139 Å². The molecule has 0 radical (unpaired) electrons. The molecular formula is C16H20N4O4. The summed E-state index contributed by atoms with van der Waals surface area (Å²) in [5.74, 6) is -1.92. The smallest absolute Gasteiger partial charge is 0.325 e. The summed E-state index contributed by atoms with van der Waals surface area (Å²) in [6.07, 6.45) is 2.91. The predicted octanol–water partition coefficient (Wildman–Crippen LogP) is 0.289. The fourth-order valence-corrected chi connectivity index (χ4v) is 3.14. The van der Waals surface area contributed by atoms with Crippen molar-refractivity contribution in [3.63, 3.8) is 0 Å². The molecule has 128 valence electrons. The third-order valence-corrected chi connectivity index (χ3v) is 4.46. The van der Waals surface area contributed by atoms with E-state index in [0.29, 0.717) is 12.8 Å². The summed E-state index contributed by atoms with van der Waals surface area (Å²) in [6.45, 7) is 0.399. The van der Waals surface area contributed by atoms with Gasteiger partial charge in [0.1, 0.15) is 18.3 Å². The highest BCUT2D eigenvalue weighted by atomic mass is 16.4. The van der Waals surface area contributed by atoms with Crippen LogP contribution in [0.4, 0.5) is 5.82 Å². The lowest BCUT2D eigenvalue weighted by molar-refractivity contribution is -0.153. The van der Waals surface area contributed by atoms with Crippen LogP contribution in [0.15, 0.2) is 12.1 Å². The van der Waals surface area contributed by atoms with Gasteiger partial charge in [0, 0.05) is 19.3 Å². The molecule has 1 fully saturated rings. The number of rotatable bonds is 5. The minimum absolute atomic E-state index is 0.323. The summed E-state index contributed by atoms with van der Waals surface area (Å²) in [5, 5.41) is 14.2. The third-order valence-electron chi connectivity index (χ3n) is 4.46. The van der Waals surface area contributed by atoms with Crippen molar-refractivity contribution < 1.29 is 19.5 Å². The minimum Gasteiger partial charge on any atom is -0.480 e. The van der Waals surface area contributed by atoms with Crippen molar-refractivity contribution in [2.24, 2.45) is 5.92 Å². The lowest BCUT2D eigenvalue weighted by atomic mass is 10.00. The topological polar surface area (TPSA) is 103 Å². The maximum Gasteiger partial charge on any atom is 0.325 e. The number of carboxylic acids is 1. The Morgan fingerprint density at radius 3 is 2.92 bits per heavy atom. The van der Waals surface area contributed by atoms with Gasteiger partial charge in [-0.2, -0.15) is 0 Å². The van der Waals surface area contributed by atoms with Gasteiger partial charge in [0.25, 0.3) is 11.8 Å². The number of fused-ring (bicyclic) bond motifs is 1. The number of nitrogens with zero attached hydrogens (tertiary/aromatic N) is 3. The summed E-state index contributed by atoms with van der Waals surface area (Å²) < 4.78 is 0. The van der Waals surface area contributed by atoms with E-state index in [-0.39, 0.29) is 5.91 Å². The average Bonchev–Trinajstić information content (AvgIpc) is 2.76. The number of hydrazine groups is 1. The Balaban J connectivity index is 1.67. The Bertz CT molecular complexity index is 691. The van der Waals surface area contributed by atoms with Crippen LogP contribution in [0.5, 0.6) is 0 Å². The third kappa shape index (κ3) is 3.04. The van der Waals surface area contributed by atoms with Crippen molar-refractivity contribution in [1.29, 1.82) is 0 Å². The van der Waals surface area contributed by atoms with Crippen molar-refractivity contribution >= 4 is 23.6 Å². The van der Waals surface area contributed by atoms with E-state index in [1.54, 1.807) is 0 Å². The van der Waals surface area contributed by atoms with Gasteiger partial charge in [-0.1, -0.05) is 6.07 Å². The van der Waals surface area contributed by atoms with Crippen LogP contribution in [0.2, 0.25) is 0 Å². The van der Waals surface area contributed by atoms with Gasteiger partial charge in [-0.05, 0) is 37.3 Å². The normalized spacial score (nSPS) is 20.1. The number of hydrogen-bond donors (Lipinski definition) is 2. The number of anilines is 1. The Hall–Kier alpha value is -2.64. The molecular weight excluding hydrogens is 312 g/mol. The van der Waals surface area contributed by atoms with Crippen molar-refractivity contribution in [2.75, 3.05) is 25.5 Å². The molecule has 0 aromatic carbocycles. The molecule has 0 aliphatic carbocycles. The van der Waals surface area contributed by atoms with Gasteiger partial charge in [0.15, 0.2) is 0 Å². The second-order valence-electron chi connectivity index (χ2n) is 6.08. The number of aliphatic carboxylic acids is 1. The molecule has 8 nitrogen and oxygen atoms in total. The van der Waals surface area contributed by atoms with Crippen LogP contribution in [0, 0.1) is 5.92 Å². The van der Waals surface area contributed by atoms with E-state index in [4.69, 9.17) is 5.11 Å². The number of amides is 2. The molecule has 1 unspecified atom stereocenters. The van der Waals surface area contributed by atoms with E-state index < -0.39 is 24.3 Å². The van der Waals surface area contributed by atoms with Crippen LogP contribution in [0.1, 0.15) is 24.1 Å². The number of aromatic nitrogens is 1. The second-order valence-corrected chi connectivity index (χ2v) is 6.08. The second kappa shape index (κ2) is 6.46. The average molecular weight is 332 g/mol. The molecule has 0 saturated carbocycles. The van der Waals surface area contributed by atoms with Crippen LogP contribution in [0.3, 0.4) is 0 Å². The van der Waals surface area contributed by atoms with Crippen LogP contribution in [0.25, 0.3) is 0 Å². The molecule has 2 aliphatic heterocycles. The Morgan fingerprint density at radius 2 is 2.17 bits per heavy atom. The first-order valence-corrected chi connectivity index (χ1v) is 8.00. The van der Waals surface area contributed by atoms with Gasteiger partial charge in [0.2, 0.25) is 0 Å². The Kier molecular flexibility index (Phi) is 4.37. The largest absolute Gasteiger partial charge is 0.480 e. The number of carbonyl (C=O) groups excluding carboxylic acids is 2. The molecule has 24 heavy (non-hydrogen) atoms. The SMILES string of the molecule is CN1C(=O)C(CCc2ccc3c(n2)NCCC3)C(=O)N1CC(=O)O. The summed E-state index contributed by atoms with van der Waals surface area (Å²) in [4.78, 5) is 39.9. The minimum atomic E-state index is -1.15. The molecule has 8 heteroatoms. The maximum absolute atomic E-state index is 12.3. The Morgan fingerprint density at radius 1 is 1.38 bits per heavy atom. The summed E-state index contributed by atoms with van der Waals surface area (Å²) in [6, 6.07) is 3.96. The quantitative estimate of drug-likeness (QED) is 0.751. The highest BCUT2D eigenvalue weighted by Gasteiger charge is 2.43. The lowest BCUT2D eigenvalue weighted by Gasteiger charge is -2.21. The van der Waals surface area contributed by atoms with Crippen LogP contribution in [-0.4, -0.2) is 58.0 Å². The van der Waals surface area contributed by atoms with Crippen molar-refractivity contribution in [1.82, 2.24) is 15.0 Å². The summed E-state index contributed by atoms with van der Waals surface area (Å²) >= 11 is 0. The number of hydrogen-bond acceptors (Lipinski definition) is 5. The molecule has 0 spiro atoms. The molecule has 2 aliphatic rings. The molecule has 1 aromatic heterocycles. The predicted molar refractivity (Wildman–Crippen MR) is 85.0 cm³/mol. The molecule has 1 saturated heterocycles. The zero-order valence-electron chi connectivity index (χ0n) is 13.5. The van der Waals surface area contributed by atoms with E-state index in [1.807, 2.05) is 12.1 Å².